The van der Waals surface area contributed by atoms with Crippen LogP contribution in [-0.4, -0.2) is 268 Å². The van der Waals surface area contributed by atoms with E-state index in [1.165, 1.54) is 41.5 Å². The molecule has 0 heterocycles. The van der Waals surface area contributed by atoms with Crippen LogP contribution in [0.15, 0.2) is 0 Å². The van der Waals surface area contributed by atoms with E-state index in [0.717, 1.165) is 6.92 Å². The molecule has 0 spiro atoms. The SMILES string of the molecule is CC(C)C[C@H](NC(=O)[C@H](CCCCN)NC(=O)[C@H](CO)NC(=O)[C@@H](N)CCCCN)C(=O)NCC(=O)N[C@@H](CC(=O)O)C(=O)N[C@@H](CC(C)C)C(=O)N[C@H](C(=O)N[C@H](C(=O)N[C@H](C(=O)N[C@@H](CO)C(=O)N[C@@H](C)C(=O)N[C@@H](C)C(=O)NCC(=O)NCC(=O)N[C@@H](CCC(=O)O)C(=O)O)C(C)C)[C@@H](C)O)C(C)C. The summed E-state index contributed by atoms with van der Waals surface area (Å²) in [4.78, 5) is 235. The second-order valence-electron chi connectivity index (χ2n) is 27.1. The number of carbonyl (C=O) groups is 18. The predicted octanol–water partition coefficient (Wildman–Crippen LogP) is -9.03. The minimum atomic E-state index is -1.90. The minimum Gasteiger partial charge on any atom is -0.481 e. The van der Waals surface area contributed by atoms with Crippen LogP contribution < -0.4 is 97.0 Å². The first-order valence-electron chi connectivity index (χ1n) is 35.1. The third-order valence-corrected chi connectivity index (χ3v) is 15.9. The highest BCUT2D eigenvalue weighted by atomic mass is 16.4. The van der Waals surface area contributed by atoms with Crippen molar-refractivity contribution >= 4 is 107 Å². The van der Waals surface area contributed by atoms with Gasteiger partial charge in [0, 0.05) is 6.42 Å². The maximum atomic E-state index is 14.2. The van der Waals surface area contributed by atoms with Gasteiger partial charge in [0.05, 0.1) is 51.4 Å². The molecule has 42 nitrogen and oxygen atoms in total. The zero-order valence-corrected chi connectivity index (χ0v) is 62.4. The van der Waals surface area contributed by atoms with Gasteiger partial charge in [0.2, 0.25) is 88.6 Å². The van der Waals surface area contributed by atoms with Crippen LogP contribution in [0.25, 0.3) is 0 Å². The summed E-state index contributed by atoms with van der Waals surface area (Å²) in [5.74, 6) is -21.7. The Hall–Kier alpha value is -9.78. The molecular formula is C65H114N18O24. The third-order valence-electron chi connectivity index (χ3n) is 15.9. The molecule has 0 aromatic rings. The second kappa shape index (κ2) is 50.7. The number of nitrogens with two attached hydrogens (primary N) is 3. The molecule has 0 aliphatic heterocycles. The number of nitrogens with one attached hydrogen (secondary N) is 15. The van der Waals surface area contributed by atoms with E-state index in [-0.39, 0.29) is 44.1 Å². The Labute approximate surface area is 619 Å². The largest absolute Gasteiger partial charge is 0.481 e. The standard InChI is InChI=1S/C65H114N18O24/c1-30(2)22-40(77-57(98)38(17-13-15-21-67)76-61(102)44(29-85)79-55(96)37(68)16-12-14-20-66)56(97)71-27-47(89)75-42(24-49(92)93)58(99)78-41(23-31(3)4)59(100)81-51(33(7)8)63(104)83-52(36(11)86)64(105)82-50(32(5)6)62(103)80-43(28-84)60(101)73-35(10)54(95)72-34(9)53(94)70-25-45(87)69-26-46(88)74-39(65(106)107)18-19-48(90)91/h30-44,50-52,84-86H,12-29,66-68H2,1-11H3,(H,69,87)(H,70,94)(H,71,97)(H,72,95)(H,73,101)(H,74,88)(H,75,89)(H,76,102)(H,77,98)(H,78,99)(H,79,96)(H,80,103)(H,81,100)(H,82,105)(H,83,104)(H,90,91)(H,92,93)(H,106,107)/t34-,35-,36+,37-,38-,39-,40-,41-,42-,43-,44-,50-,51-,52-/m0/s1. The number of hydrogen-bond acceptors (Lipinski definition) is 24. The molecule has 0 aromatic carbocycles. The molecular weight excluding hydrogens is 1420 g/mol. The monoisotopic (exact) mass is 1530 g/mol. The fourth-order valence-electron chi connectivity index (χ4n) is 9.80. The van der Waals surface area contributed by atoms with Crippen LogP contribution in [0.3, 0.4) is 0 Å². The van der Waals surface area contributed by atoms with E-state index < -0.39 is 255 Å². The van der Waals surface area contributed by atoms with Crippen LogP contribution in [-0.2, 0) is 86.3 Å². The van der Waals surface area contributed by atoms with E-state index in [2.05, 4.69) is 74.4 Å². The molecule has 0 rings (SSSR count). The van der Waals surface area contributed by atoms with Gasteiger partial charge in [0.1, 0.15) is 72.5 Å². The molecule has 0 aliphatic rings. The molecule has 0 radical (unpaired) electrons. The molecule has 42 heteroatoms. The number of aliphatic hydroxyl groups is 3. The van der Waals surface area contributed by atoms with Gasteiger partial charge in [-0.2, -0.15) is 0 Å². The van der Waals surface area contributed by atoms with E-state index in [1.807, 2.05) is 5.32 Å². The average Bonchev–Trinajstić information content (AvgIpc) is 0.848. The Balaban J connectivity index is 6.18. The zero-order chi connectivity index (χ0) is 82.1. The van der Waals surface area contributed by atoms with Crippen molar-refractivity contribution in [2.24, 2.45) is 40.9 Å². The van der Waals surface area contributed by atoms with Crippen molar-refractivity contribution in [2.45, 2.75) is 231 Å². The Morgan fingerprint density at radius 3 is 1.19 bits per heavy atom. The van der Waals surface area contributed by atoms with Crippen molar-refractivity contribution < 1.29 is 117 Å². The molecule has 0 aliphatic carbocycles. The summed E-state index contributed by atoms with van der Waals surface area (Å²) in [5, 5.41) is 93.6. The summed E-state index contributed by atoms with van der Waals surface area (Å²) < 4.78 is 0. The van der Waals surface area contributed by atoms with Gasteiger partial charge < -0.3 is 128 Å². The highest BCUT2D eigenvalue weighted by Crippen LogP contribution is 2.13. The smallest absolute Gasteiger partial charge is 0.326 e. The van der Waals surface area contributed by atoms with E-state index in [9.17, 15) is 112 Å². The first-order valence-corrected chi connectivity index (χ1v) is 35.1. The van der Waals surface area contributed by atoms with Gasteiger partial charge in [0.15, 0.2) is 0 Å². The van der Waals surface area contributed by atoms with Crippen molar-refractivity contribution in [1.29, 1.82) is 0 Å². The van der Waals surface area contributed by atoms with Crippen molar-refractivity contribution in [3.8, 4) is 0 Å². The summed E-state index contributed by atoms with van der Waals surface area (Å²) in [6, 6.07) is -19.8. The summed E-state index contributed by atoms with van der Waals surface area (Å²) >= 11 is 0. The highest BCUT2D eigenvalue weighted by Gasteiger charge is 2.39. The number of amides is 15. The lowest BCUT2D eigenvalue weighted by atomic mass is 9.98. The van der Waals surface area contributed by atoms with Gasteiger partial charge in [-0.1, -0.05) is 61.8 Å². The lowest BCUT2D eigenvalue weighted by Crippen LogP contribution is -2.63. The maximum absolute atomic E-state index is 14.2. The van der Waals surface area contributed by atoms with Crippen LogP contribution in [0.1, 0.15) is 147 Å². The van der Waals surface area contributed by atoms with E-state index in [4.69, 9.17) is 22.3 Å². The number of unbranched alkanes of at least 4 members (excludes halogenated alkanes) is 2. The minimum absolute atomic E-state index is 0.000300. The summed E-state index contributed by atoms with van der Waals surface area (Å²) in [6.45, 7) is 12.4. The fraction of sp³-hybridized carbons (Fsp3) is 0.723. The molecule has 14 atom stereocenters. The summed E-state index contributed by atoms with van der Waals surface area (Å²) in [6.07, 6.45) is -1.84. The average molecular weight is 1530 g/mol. The normalized spacial score (nSPS) is 15.1. The van der Waals surface area contributed by atoms with Gasteiger partial charge in [-0.15, -0.1) is 0 Å². The zero-order valence-electron chi connectivity index (χ0n) is 62.4. The molecule has 27 N–H and O–H groups in total. The van der Waals surface area contributed by atoms with E-state index in [0.29, 0.717) is 32.2 Å². The van der Waals surface area contributed by atoms with Crippen molar-refractivity contribution in [2.75, 3.05) is 45.9 Å². The number of hydrogen-bond donors (Lipinski definition) is 24. The molecule has 0 fully saturated rings. The number of carbonyl (C=O) groups excluding carboxylic acids is 15. The van der Waals surface area contributed by atoms with Crippen LogP contribution in [0.5, 0.6) is 0 Å². The number of aliphatic carboxylic acids is 3. The van der Waals surface area contributed by atoms with Crippen LogP contribution in [0.2, 0.25) is 0 Å². The van der Waals surface area contributed by atoms with Crippen LogP contribution in [0.4, 0.5) is 0 Å². The van der Waals surface area contributed by atoms with Crippen molar-refractivity contribution in [1.82, 2.24) is 79.8 Å². The number of aliphatic hydroxyl groups excluding tert-OH is 3. The van der Waals surface area contributed by atoms with Gasteiger partial charge >= 0.3 is 17.9 Å². The van der Waals surface area contributed by atoms with Gasteiger partial charge in [-0.25, -0.2) is 4.79 Å². The second-order valence-corrected chi connectivity index (χ2v) is 27.1. The van der Waals surface area contributed by atoms with Gasteiger partial charge in [0.25, 0.3) is 0 Å². The quantitative estimate of drug-likeness (QED) is 0.0252. The highest BCUT2D eigenvalue weighted by molar-refractivity contribution is 6.00. The Morgan fingerprint density at radius 1 is 0.336 bits per heavy atom. The third kappa shape index (κ3) is 38.9. The molecule has 15 amide bonds. The first kappa shape index (κ1) is 97.2. The van der Waals surface area contributed by atoms with E-state index >= 15 is 0 Å². The lowest BCUT2D eigenvalue weighted by molar-refractivity contribution is -0.143. The summed E-state index contributed by atoms with van der Waals surface area (Å²) in [5.41, 5.74) is 17.1. The van der Waals surface area contributed by atoms with Crippen molar-refractivity contribution in [3.63, 3.8) is 0 Å². The molecule has 0 saturated heterocycles. The first-order chi connectivity index (χ1) is 49.9. The predicted molar refractivity (Wildman–Crippen MR) is 379 cm³/mol. The maximum Gasteiger partial charge on any atom is 0.326 e. The lowest BCUT2D eigenvalue weighted by Gasteiger charge is -2.30. The summed E-state index contributed by atoms with van der Waals surface area (Å²) in [7, 11) is 0. The molecule has 107 heavy (non-hydrogen) atoms. The van der Waals surface area contributed by atoms with Crippen molar-refractivity contribution in [3.05, 3.63) is 0 Å². The molecule has 608 valence electrons. The van der Waals surface area contributed by atoms with Crippen LogP contribution in [0, 0.1) is 23.7 Å². The van der Waals surface area contributed by atoms with E-state index in [1.54, 1.807) is 27.7 Å². The number of carboxylic acids is 3. The van der Waals surface area contributed by atoms with Gasteiger partial charge in [-0.05, 0) is 109 Å². The topological polar surface area (TPSA) is 687 Å². The Kier molecular flexibility index (Phi) is 46.0. The van der Waals surface area contributed by atoms with Crippen LogP contribution >= 0.6 is 0 Å². The molecule has 0 unspecified atom stereocenters. The molecule has 0 saturated carbocycles. The number of rotatable bonds is 53. The molecule has 0 bridgehead atoms. The van der Waals surface area contributed by atoms with Gasteiger partial charge in [-0.3, -0.25) is 81.5 Å². The number of carboxylic acid groups (broad SMARTS) is 3. The Bertz CT molecular complexity index is 3030. The molecule has 0 aromatic heterocycles. The fourth-order valence-corrected chi connectivity index (χ4v) is 9.80. The Morgan fingerprint density at radius 2 is 0.710 bits per heavy atom.